The van der Waals surface area contributed by atoms with Crippen molar-refractivity contribution in [3.8, 4) is 22.8 Å². The number of hydrogen-bond donors (Lipinski definition) is 0. The number of rotatable bonds is 4. The average molecular weight is 374 g/mol. The molecular formula is C17H18N4O4S. The number of nitrogens with zero attached hydrogens (tertiary/aromatic N) is 4. The van der Waals surface area contributed by atoms with Gasteiger partial charge in [-0.3, -0.25) is 0 Å². The second-order valence-electron chi connectivity index (χ2n) is 6.04. The Hall–Kier alpha value is -2.65. The van der Waals surface area contributed by atoms with E-state index in [1.807, 2.05) is 17.0 Å². The standard InChI is InChI=1S/C17H18N4O4S/c1-26(22,23)21-8-6-20(7-9-21)17-18-12-13(14-4-2-10-24-14)16(19-17)15-5-3-11-25-15/h2-5,10-12H,6-9H2,1H3. The van der Waals surface area contributed by atoms with Crippen LogP contribution >= 0.6 is 0 Å². The smallest absolute Gasteiger partial charge is 0.226 e. The van der Waals surface area contributed by atoms with Crippen molar-refractivity contribution < 1.29 is 17.3 Å². The fourth-order valence-electron chi connectivity index (χ4n) is 2.96. The van der Waals surface area contributed by atoms with Crippen LogP contribution in [-0.4, -0.2) is 55.1 Å². The fraction of sp³-hybridized carbons (Fsp3) is 0.294. The maximum atomic E-state index is 11.7. The van der Waals surface area contributed by atoms with E-state index in [9.17, 15) is 8.42 Å². The van der Waals surface area contributed by atoms with E-state index in [0.29, 0.717) is 49.3 Å². The molecule has 3 aromatic heterocycles. The van der Waals surface area contributed by atoms with Gasteiger partial charge in [-0.1, -0.05) is 0 Å². The molecule has 0 unspecified atom stereocenters. The molecule has 0 saturated carbocycles. The van der Waals surface area contributed by atoms with E-state index >= 15 is 0 Å². The maximum Gasteiger partial charge on any atom is 0.226 e. The summed E-state index contributed by atoms with van der Waals surface area (Å²) in [4.78, 5) is 11.1. The number of furan rings is 2. The molecule has 0 N–H and O–H groups in total. The number of anilines is 1. The molecule has 26 heavy (non-hydrogen) atoms. The van der Waals surface area contributed by atoms with E-state index in [1.165, 1.54) is 10.6 Å². The molecule has 9 heteroatoms. The van der Waals surface area contributed by atoms with Gasteiger partial charge in [0.2, 0.25) is 16.0 Å². The predicted molar refractivity (Wildman–Crippen MR) is 96.1 cm³/mol. The van der Waals surface area contributed by atoms with Crippen LogP contribution in [0.1, 0.15) is 0 Å². The Bertz CT molecular complexity index is 976. The Kier molecular flexibility index (Phi) is 4.25. The minimum atomic E-state index is -3.17. The van der Waals surface area contributed by atoms with Gasteiger partial charge in [-0.2, -0.15) is 4.31 Å². The number of aromatic nitrogens is 2. The van der Waals surface area contributed by atoms with Crippen molar-refractivity contribution >= 4 is 16.0 Å². The van der Waals surface area contributed by atoms with Gasteiger partial charge in [-0.25, -0.2) is 18.4 Å². The first-order valence-corrected chi connectivity index (χ1v) is 10.0. The summed E-state index contributed by atoms with van der Waals surface area (Å²) in [5.41, 5.74) is 1.38. The zero-order valence-corrected chi connectivity index (χ0v) is 15.0. The van der Waals surface area contributed by atoms with Crippen LogP contribution in [0.25, 0.3) is 22.8 Å². The van der Waals surface area contributed by atoms with Crippen molar-refractivity contribution in [2.24, 2.45) is 0 Å². The molecule has 0 radical (unpaired) electrons. The van der Waals surface area contributed by atoms with Gasteiger partial charge in [-0.05, 0) is 24.3 Å². The lowest BCUT2D eigenvalue weighted by molar-refractivity contribution is 0.385. The monoisotopic (exact) mass is 374 g/mol. The molecule has 1 fully saturated rings. The number of hydrogen-bond acceptors (Lipinski definition) is 7. The van der Waals surface area contributed by atoms with E-state index < -0.39 is 10.0 Å². The Morgan fingerprint density at radius 2 is 1.65 bits per heavy atom. The average Bonchev–Trinajstić information content (AvgIpc) is 3.34. The third kappa shape index (κ3) is 3.23. The molecule has 8 nitrogen and oxygen atoms in total. The molecule has 4 rings (SSSR count). The molecule has 1 aliphatic rings. The zero-order valence-electron chi connectivity index (χ0n) is 14.2. The molecule has 0 spiro atoms. The zero-order chi connectivity index (χ0) is 18.1. The van der Waals surface area contributed by atoms with Crippen LogP contribution in [0.4, 0.5) is 5.95 Å². The van der Waals surface area contributed by atoms with Gasteiger partial charge in [0.25, 0.3) is 0 Å². The summed E-state index contributed by atoms with van der Waals surface area (Å²) in [6.45, 7) is 1.89. The first kappa shape index (κ1) is 16.8. The van der Waals surface area contributed by atoms with Crippen LogP contribution in [0, 0.1) is 0 Å². The summed E-state index contributed by atoms with van der Waals surface area (Å²) >= 11 is 0. The molecule has 0 atom stereocenters. The van der Waals surface area contributed by atoms with Crippen LogP contribution in [0.3, 0.4) is 0 Å². The van der Waals surface area contributed by atoms with Crippen LogP contribution in [0.2, 0.25) is 0 Å². The van der Waals surface area contributed by atoms with Gasteiger partial charge in [0.05, 0.1) is 24.3 Å². The summed E-state index contributed by atoms with van der Waals surface area (Å²) in [6, 6.07) is 7.28. The lowest BCUT2D eigenvalue weighted by Gasteiger charge is -2.33. The molecule has 0 amide bonds. The van der Waals surface area contributed by atoms with Gasteiger partial charge < -0.3 is 13.7 Å². The van der Waals surface area contributed by atoms with E-state index in [-0.39, 0.29) is 0 Å². The second-order valence-corrected chi connectivity index (χ2v) is 8.02. The van der Waals surface area contributed by atoms with E-state index in [4.69, 9.17) is 8.83 Å². The number of sulfonamides is 1. The molecule has 3 aromatic rings. The fourth-order valence-corrected chi connectivity index (χ4v) is 3.78. The first-order chi connectivity index (χ1) is 12.5. The topological polar surface area (TPSA) is 92.7 Å². The van der Waals surface area contributed by atoms with Crippen molar-refractivity contribution in [1.29, 1.82) is 0 Å². The van der Waals surface area contributed by atoms with Gasteiger partial charge in [0, 0.05) is 32.4 Å². The maximum absolute atomic E-state index is 11.7. The normalized spacial score (nSPS) is 16.1. The SMILES string of the molecule is CS(=O)(=O)N1CCN(c2ncc(-c3ccco3)c(-c3ccco3)n2)CC1. The molecule has 1 aliphatic heterocycles. The Balaban J connectivity index is 1.66. The molecule has 1 saturated heterocycles. The molecule has 0 bridgehead atoms. The molecule has 0 aromatic carbocycles. The van der Waals surface area contributed by atoms with Crippen molar-refractivity contribution in [1.82, 2.24) is 14.3 Å². The minimum Gasteiger partial charge on any atom is -0.464 e. The van der Waals surface area contributed by atoms with Crippen molar-refractivity contribution in [3.05, 3.63) is 43.0 Å². The summed E-state index contributed by atoms with van der Waals surface area (Å²) in [5.74, 6) is 1.82. The Morgan fingerprint density at radius 1 is 1.00 bits per heavy atom. The second kappa shape index (κ2) is 6.58. The lowest BCUT2D eigenvalue weighted by atomic mass is 10.1. The number of piperazine rings is 1. The van der Waals surface area contributed by atoms with Gasteiger partial charge in [-0.15, -0.1) is 0 Å². The van der Waals surface area contributed by atoms with E-state index in [1.54, 1.807) is 30.9 Å². The molecule has 0 aliphatic carbocycles. The Morgan fingerprint density at radius 3 is 2.23 bits per heavy atom. The summed E-state index contributed by atoms with van der Waals surface area (Å²) < 4.78 is 35.8. The summed E-state index contributed by atoms with van der Waals surface area (Å²) in [5, 5.41) is 0. The Labute approximate surface area is 151 Å². The third-order valence-electron chi connectivity index (χ3n) is 4.31. The highest BCUT2D eigenvalue weighted by Gasteiger charge is 2.26. The quantitative estimate of drug-likeness (QED) is 0.690. The lowest BCUT2D eigenvalue weighted by Crippen LogP contribution is -2.48. The van der Waals surface area contributed by atoms with Crippen molar-refractivity contribution in [3.63, 3.8) is 0 Å². The molecular weight excluding hydrogens is 356 g/mol. The molecule has 136 valence electrons. The van der Waals surface area contributed by atoms with Crippen LogP contribution in [0.5, 0.6) is 0 Å². The van der Waals surface area contributed by atoms with Crippen molar-refractivity contribution in [2.45, 2.75) is 0 Å². The summed E-state index contributed by atoms with van der Waals surface area (Å²) in [6.07, 6.45) is 6.13. The first-order valence-electron chi connectivity index (χ1n) is 8.17. The van der Waals surface area contributed by atoms with Crippen molar-refractivity contribution in [2.75, 3.05) is 37.3 Å². The summed E-state index contributed by atoms with van der Waals surface area (Å²) in [7, 11) is -3.17. The minimum absolute atomic E-state index is 0.415. The van der Waals surface area contributed by atoms with Crippen LogP contribution in [0.15, 0.2) is 51.8 Å². The van der Waals surface area contributed by atoms with Gasteiger partial charge in [0.15, 0.2) is 5.76 Å². The highest BCUT2D eigenvalue weighted by Crippen LogP contribution is 2.32. The largest absolute Gasteiger partial charge is 0.464 e. The predicted octanol–water partition coefficient (Wildman–Crippen LogP) is 2.08. The van der Waals surface area contributed by atoms with Gasteiger partial charge in [0.1, 0.15) is 11.5 Å². The van der Waals surface area contributed by atoms with Gasteiger partial charge >= 0.3 is 0 Å². The third-order valence-corrected chi connectivity index (χ3v) is 5.61. The molecule has 4 heterocycles. The van der Waals surface area contributed by atoms with E-state index in [2.05, 4.69) is 9.97 Å². The van der Waals surface area contributed by atoms with Crippen LogP contribution < -0.4 is 4.90 Å². The highest BCUT2D eigenvalue weighted by molar-refractivity contribution is 7.88. The van der Waals surface area contributed by atoms with Crippen LogP contribution in [-0.2, 0) is 10.0 Å². The van der Waals surface area contributed by atoms with E-state index in [0.717, 1.165) is 5.56 Å². The highest BCUT2D eigenvalue weighted by atomic mass is 32.2.